The number of nitrogens with two attached hydrogens (primary N) is 1. The number of benzene rings is 1. The highest BCUT2D eigenvalue weighted by Gasteiger charge is 2.43. The first-order chi connectivity index (χ1) is 10.7. The third-order valence-electron chi connectivity index (χ3n) is 5.74. The van der Waals surface area contributed by atoms with Crippen LogP contribution in [-0.2, 0) is 6.54 Å². The largest absolute Gasteiger partial charge is 0.338 e. The van der Waals surface area contributed by atoms with E-state index >= 15 is 0 Å². The standard InChI is InChI=1S/C20H28N2/c1-4-17-14-22-10-9-19(17)11-20(22)13-21-12-16-5-7-18(8-6-16)15(2)3/h1,5-8,15,17,19-21H,9-14H2,2-3H3/p+2/t17-,19-,20+/m0/s1. The summed E-state index contributed by atoms with van der Waals surface area (Å²) in [4.78, 5) is 1.76. The predicted octanol–water partition coefficient (Wildman–Crippen LogP) is 0.800. The topological polar surface area (TPSA) is 21.1 Å². The third-order valence-corrected chi connectivity index (χ3v) is 5.74. The molecule has 2 heteroatoms. The van der Waals surface area contributed by atoms with Crippen molar-refractivity contribution >= 4 is 0 Å². The van der Waals surface area contributed by atoms with E-state index in [1.54, 1.807) is 4.90 Å². The number of hydrogen-bond acceptors (Lipinski definition) is 0. The van der Waals surface area contributed by atoms with Gasteiger partial charge in [-0.1, -0.05) is 44.0 Å². The van der Waals surface area contributed by atoms with Crippen LogP contribution in [0.3, 0.4) is 0 Å². The smallest absolute Gasteiger partial charge is 0.137 e. The van der Waals surface area contributed by atoms with E-state index in [1.807, 2.05) is 0 Å². The van der Waals surface area contributed by atoms with Crippen molar-refractivity contribution in [3.05, 3.63) is 35.4 Å². The zero-order valence-corrected chi connectivity index (χ0v) is 14.0. The van der Waals surface area contributed by atoms with Crippen LogP contribution in [-0.4, -0.2) is 25.7 Å². The van der Waals surface area contributed by atoms with Crippen LogP contribution in [0.25, 0.3) is 0 Å². The Morgan fingerprint density at radius 3 is 2.68 bits per heavy atom. The van der Waals surface area contributed by atoms with Gasteiger partial charge in [0.25, 0.3) is 0 Å². The zero-order chi connectivity index (χ0) is 15.5. The van der Waals surface area contributed by atoms with Crippen molar-refractivity contribution in [1.82, 2.24) is 0 Å². The van der Waals surface area contributed by atoms with Crippen molar-refractivity contribution in [1.29, 1.82) is 0 Å². The van der Waals surface area contributed by atoms with E-state index in [-0.39, 0.29) is 0 Å². The first kappa shape index (κ1) is 15.6. The molecular weight excluding hydrogens is 268 g/mol. The fraction of sp³-hybridized carbons (Fsp3) is 0.600. The Morgan fingerprint density at radius 2 is 2.09 bits per heavy atom. The lowest BCUT2D eigenvalue weighted by Gasteiger charge is -2.44. The van der Waals surface area contributed by atoms with Crippen LogP contribution < -0.4 is 10.2 Å². The molecule has 1 unspecified atom stereocenters. The molecule has 0 radical (unpaired) electrons. The lowest BCUT2D eigenvalue weighted by Crippen LogP contribution is -3.21. The Hall–Kier alpha value is -1.30. The molecule has 4 rings (SSSR count). The van der Waals surface area contributed by atoms with E-state index in [0.717, 1.165) is 18.5 Å². The molecule has 118 valence electrons. The van der Waals surface area contributed by atoms with Crippen LogP contribution in [0.1, 0.15) is 43.7 Å². The first-order valence-corrected chi connectivity index (χ1v) is 8.88. The van der Waals surface area contributed by atoms with Crippen LogP contribution >= 0.6 is 0 Å². The normalized spacial score (nSPS) is 30.5. The molecule has 3 fully saturated rings. The maximum atomic E-state index is 5.67. The third kappa shape index (κ3) is 3.37. The summed E-state index contributed by atoms with van der Waals surface area (Å²) >= 11 is 0. The molecular formula is C20H30N2+2. The summed E-state index contributed by atoms with van der Waals surface area (Å²) in [6.45, 7) is 9.40. The Morgan fingerprint density at radius 1 is 1.32 bits per heavy atom. The van der Waals surface area contributed by atoms with Gasteiger partial charge in [0.05, 0.1) is 19.0 Å². The number of rotatable bonds is 5. The molecule has 2 bridgehead atoms. The van der Waals surface area contributed by atoms with Crippen LogP contribution in [0, 0.1) is 24.2 Å². The summed E-state index contributed by atoms with van der Waals surface area (Å²) in [7, 11) is 0. The Balaban J connectivity index is 1.47. The van der Waals surface area contributed by atoms with Gasteiger partial charge in [-0.3, -0.25) is 0 Å². The number of quaternary nitrogens is 2. The summed E-state index contributed by atoms with van der Waals surface area (Å²) in [5.74, 6) is 4.99. The maximum absolute atomic E-state index is 5.67. The van der Waals surface area contributed by atoms with E-state index in [4.69, 9.17) is 6.42 Å². The molecule has 2 nitrogen and oxygen atoms in total. The van der Waals surface area contributed by atoms with Crippen molar-refractivity contribution < 1.29 is 10.2 Å². The molecule has 3 heterocycles. The van der Waals surface area contributed by atoms with Gasteiger partial charge in [0.2, 0.25) is 0 Å². The van der Waals surface area contributed by atoms with Gasteiger partial charge >= 0.3 is 0 Å². The van der Waals surface area contributed by atoms with Crippen molar-refractivity contribution in [3.63, 3.8) is 0 Å². The number of nitrogens with one attached hydrogen (secondary N) is 1. The first-order valence-electron chi connectivity index (χ1n) is 8.88. The van der Waals surface area contributed by atoms with Crippen molar-refractivity contribution in [2.45, 2.75) is 45.2 Å². The monoisotopic (exact) mass is 298 g/mol. The molecule has 0 amide bonds. The van der Waals surface area contributed by atoms with Crippen LogP contribution in [0.5, 0.6) is 0 Å². The summed E-state index contributed by atoms with van der Waals surface area (Å²) < 4.78 is 0. The van der Waals surface area contributed by atoms with Gasteiger partial charge in [-0.25, -0.2) is 0 Å². The molecule has 1 aromatic carbocycles. The molecule has 3 aliphatic rings. The molecule has 0 saturated carbocycles. The van der Waals surface area contributed by atoms with Crippen molar-refractivity contribution in [2.75, 3.05) is 19.6 Å². The summed E-state index contributed by atoms with van der Waals surface area (Å²) in [5.41, 5.74) is 2.88. The molecule has 3 aliphatic heterocycles. The molecule has 4 atom stereocenters. The zero-order valence-electron chi connectivity index (χ0n) is 14.0. The second-order valence-electron chi connectivity index (χ2n) is 7.49. The molecule has 0 aliphatic carbocycles. The van der Waals surface area contributed by atoms with E-state index in [0.29, 0.717) is 11.8 Å². The SMILES string of the molecule is C#C[C@H]1C[NH+]2CC[C@H]1C[C@@H]2C[NH2+]Cc1ccc(C(C)C)cc1. The molecule has 0 spiro atoms. The molecule has 3 N–H and O–H groups in total. The molecule has 0 aromatic heterocycles. The lowest BCUT2D eigenvalue weighted by molar-refractivity contribution is -0.958. The Labute approximate surface area is 135 Å². The van der Waals surface area contributed by atoms with Crippen molar-refractivity contribution in [3.8, 4) is 12.3 Å². The number of piperidine rings is 3. The minimum absolute atomic E-state index is 0.545. The van der Waals surface area contributed by atoms with Gasteiger partial charge in [-0.15, -0.1) is 6.42 Å². The summed E-state index contributed by atoms with van der Waals surface area (Å²) in [5, 5.41) is 2.49. The second-order valence-corrected chi connectivity index (χ2v) is 7.49. The number of hydrogen-bond donors (Lipinski definition) is 2. The number of terminal acetylenes is 1. The van der Waals surface area contributed by atoms with E-state index in [9.17, 15) is 0 Å². The van der Waals surface area contributed by atoms with Gasteiger partial charge in [0.15, 0.2) is 0 Å². The summed E-state index contributed by atoms with van der Waals surface area (Å²) in [6, 6.07) is 9.96. The minimum Gasteiger partial charge on any atom is -0.338 e. The van der Waals surface area contributed by atoms with E-state index in [1.165, 1.54) is 43.6 Å². The Bertz CT molecular complexity index is 526. The van der Waals surface area contributed by atoms with Crippen molar-refractivity contribution in [2.24, 2.45) is 11.8 Å². The lowest BCUT2D eigenvalue weighted by atomic mass is 9.76. The molecule has 3 saturated heterocycles. The minimum atomic E-state index is 0.545. The van der Waals surface area contributed by atoms with Crippen LogP contribution in [0.2, 0.25) is 0 Å². The number of fused-ring (bicyclic) bond motifs is 3. The van der Waals surface area contributed by atoms with E-state index < -0.39 is 0 Å². The average Bonchev–Trinajstić information content (AvgIpc) is 2.56. The van der Waals surface area contributed by atoms with E-state index in [2.05, 4.69) is 49.4 Å². The Kier molecular flexibility index (Phi) is 4.86. The van der Waals surface area contributed by atoms with Gasteiger partial charge in [-0.2, -0.15) is 0 Å². The van der Waals surface area contributed by atoms with Gasteiger partial charge in [0.1, 0.15) is 19.1 Å². The fourth-order valence-electron chi connectivity index (χ4n) is 4.26. The average molecular weight is 298 g/mol. The van der Waals surface area contributed by atoms with Crippen LogP contribution in [0.4, 0.5) is 0 Å². The summed E-state index contributed by atoms with van der Waals surface area (Å²) in [6.07, 6.45) is 8.36. The van der Waals surface area contributed by atoms with Gasteiger partial charge in [0, 0.05) is 18.4 Å². The maximum Gasteiger partial charge on any atom is 0.137 e. The fourth-order valence-corrected chi connectivity index (χ4v) is 4.26. The quantitative estimate of drug-likeness (QED) is 0.751. The molecule has 22 heavy (non-hydrogen) atoms. The van der Waals surface area contributed by atoms with Gasteiger partial charge < -0.3 is 10.2 Å². The highest BCUT2D eigenvalue weighted by atomic mass is 15.2. The van der Waals surface area contributed by atoms with Gasteiger partial charge in [-0.05, 0) is 17.4 Å². The van der Waals surface area contributed by atoms with Crippen LogP contribution in [0.15, 0.2) is 24.3 Å². The predicted molar refractivity (Wildman–Crippen MR) is 90.6 cm³/mol. The highest BCUT2D eigenvalue weighted by molar-refractivity contribution is 5.23. The highest BCUT2D eigenvalue weighted by Crippen LogP contribution is 2.25. The molecule has 1 aromatic rings. The second kappa shape index (κ2) is 6.86.